The van der Waals surface area contributed by atoms with Crippen molar-refractivity contribution in [3.63, 3.8) is 0 Å². The number of halogens is 1. The van der Waals surface area contributed by atoms with E-state index >= 15 is 0 Å². The summed E-state index contributed by atoms with van der Waals surface area (Å²) in [6.45, 7) is 1.47. The molecule has 1 aliphatic heterocycles. The third-order valence-corrected chi connectivity index (χ3v) is 6.05. The van der Waals surface area contributed by atoms with Crippen molar-refractivity contribution < 1.29 is 26.3 Å². The summed E-state index contributed by atoms with van der Waals surface area (Å²) < 4.78 is 4.56. The fraction of sp³-hybridized carbons (Fsp3) is 0.333. The Morgan fingerprint density at radius 2 is 1.71 bits per heavy atom. The van der Waals surface area contributed by atoms with E-state index < -0.39 is 0 Å². The molecule has 0 amide bonds. The van der Waals surface area contributed by atoms with E-state index in [1.807, 2.05) is 12.1 Å². The van der Waals surface area contributed by atoms with Gasteiger partial charge in [-0.2, -0.15) is 0 Å². The zero-order valence-corrected chi connectivity index (χ0v) is 17.6. The van der Waals surface area contributed by atoms with Crippen LogP contribution in [0.3, 0.4) is 0 Å². The molecule has 2 aromatic carbocycles. The van der Waals surface area contributed by atoms with Crippen molar-refractivity contribution in [2.45, 2.75) is 51.6 Å². The minimum Gasteiger partial charge on any atom is -1.00 e. The molecule has 0 unspecified atom stereocenters. The average molecular weight is 437 g/mol. The molecule has 0 atom stereocenters. The number of nitrogens with zero attached hydrogens (tertiary/aromatic N) is 2. The average Bonchev–Trinajstić information content (AvgIpc) is 3.32. The molecular formula is C24H25BrN2O. The highest BCUT2D eigenvalue weighted by Gasteiger charge is 2.29. The minimum atomic E-state index is 0. The Kier molecular flexibility index (Phi) is 5.49. The summed E-state index contributed by atoms with van der Waals surface area (Å²) in [4.78, 5) is 13.0. The lowest BCUT2D eigenvalue weighted by Crippen LogP contribution is -3.00. The molecule has 1 aliphatic carbocycles. The van der Waals surface area contributed by atoms with Crippen LogP contribution in [0.15, 0.2) is 54.7 Å². The van der Waals surface area contributed by atoms with Gasteiger partial charge in [0.1, 0.15) is 6.20 Å². The predicted molar refractivity (Wildman–Crippen MR) is 106 cm³/mol. The molecule has 0 N–H and O–H groups in total. The molecule has 0 radical (unpaired) electrons. The number of aryl methyl sites for hydroxylation is 2. The molecule has 5 rings (SSSR count). The molecule has 3 nitrogen and oxygen atoms in total. The molecule has 4 heteroatoms. The molecule has 0 saturated carbocycles. The second-order valence-corrected chi connectivity index (χ2v) is 7.79. The number of aromatic nitrogens is 2. The second-order valence-electron chi connectivity index (χ2n) is 7.79. The summed E-state index contributed by atoms with van der Waals surface area (Å²) in [5.41, 5.74) is 6.12. The van der Waals surface area contributed by atoms with Gasteiger partial charge in [0.05, 0.1) is 13.0 Å². The van der Waals surface area contributed by atoms with Gasteiger partial charge in [-0.25, -0.2) is 9.13 Å². The van der Waals surface area contributed by atoms with Crippen LogP contribution < -0.4 is 21.5 Å². The van der Waals surface area contributed by atoms with Crippen LogP contribution in [0, 0.1) is 0 Å². The highest BCUT2D eigenvalue weighted by atomic mass is 79.9. The van der Waals surface area contributed by atoms with Gasteiger partial charge < -0.3 is 17.0 Å². The summed E-state index contributed by atoms with van der Waals surface area (Å²) in [5, 5.41) is 0. The van der Waals surface area contributed by atoms with Crippen molar-refractivity contribution in [3.05, 3.63) is 77.2 Å². The monoisotopic (exact) mass is 436 g/mol. The number of hydrogen-bond donors (Lipinski definition) is 0. The molecule has 2 aliphatic rings. The van der Waals surface area contributed by atoms with Gasteiger partial charge in [-0.15, -0.1) is 0 Å². The van der Waals surface area contributed by atoms with Crippen molar-refractivity contribution in [2.75, 3.05) is 0 Å². The number of imidazole rings is 1. The van der Waals surface area contributed by atoms with E-state index in [0.29, 0.717) is 6.54 Å². The number of carbonyl (C=O) groups excluding carboxylic acids is 1. The summed E-state index contributed by atoms with van der Waals surface area (Å²) in [6, 6.07) is 16.8. The summed E-state index contributed by atoms with van der Waals surface area (Å²) >= 11 is 0. The second kappa shape index (κ2) is 8.04. The number of benzene rings is 2. The summed E-state index contributed by atoms with van der Waals surface area (Å²) in [7, 11) is 0. The summed E-state index contributed by atoms with van der Waals surface area (Å²) in [6.07, 6.45) is 9.16. The van der Waals surface area contributed by atoms with Crippen LogP contribution in [0.2, 0.25) is 0 Å². The van der Waals surface area contributed by atoms with Crippen molar-refractivity contribution in [3.8, 4) is 11.3 Å². The van der Waals surface area contributed by atoms with Crippen molar-refractivity contribution >= 4 is 5.78 Å². The van der Waals surface area contributed by atoms with Gasteiger partial charge in [0.15, 0.2) is 12.2 Å². The Bertz CT molecular complexity index is 1010. The van der Waals surface area contributed by atoms with Crippen LogP contribution in [0.4, 0.5) is 0 Å². The first-order valence-corrected chi connectivity index (χ1v) is 10.1. The number of Topliss-reactive ketones (excluding diaryl/α,β-unsaturated/α-hetero) is 1. The standard InChI is InChI=1S/C24H25N2O.BrH/c27-23(21-13-12-18-7-4-5-10-20(18)15-21)17-25-16-22(19-8-2-1-3-9-19)26-14-6-11-24(25)26;/h1-3,8-9,12-13,15-16H,4-7,10-11,14,17H2;1H/q+1;/p-1. The van der Waals surface area contributed by atoms with Crippen molar-refractivity contribution in [1.29, 1.82) is 0 Å². The normalized spacial score (nSPS) is 14.9. The first kappa shape index (κ1) is 19.1. The highest BCUT2D eigenvalue weighted by molar-refractivity contribution is 5.95. The van der Waals surface area contributed by atoms with Crippen LogP contribution in [-0.2, 0) is 32.4 Å². The van der Waals surface area contributed by atoms with Crippen LogP contribution in [-0.4, -0.2) is 10.4 Å². The van der Waals surface area contributed by atoms with E-state index in [-0.39, 0.29) is 22.8 Å². The van der Waals surface area contributed by atoms with Crippen LogP contribution >= 0.6 is 0 Å². The molecule has 144 valence electrons. The van der Waals surface area contributed by atoms with Gasteiger partial charge in [0.25, 0.3) is 5.82 Å². The van der Waals surface area contributed by atoms with E-state index in [1.54, 1.807) is 0 Å². The molecule has 2 heterocycles. The molecule has 3 aromatic rings. The van der Waals surface area contributed by atoms with E-state index in [1.165, 1.54) is 41.1 Å². The molecule has 1 aromatic heterocycles. The maximum Gasteiger partial charge on any atom is 0.257 e. The Hall–Kier alpha value is -2.20. The fourth-order valence-electron chi connectivity index (χ4n) is 4.64. The number of carbonyl (C=O) groups is 1. The molecule has 0 bridgehead atoms. The van der Waals surface area contributed by atoms with Crippen LogP contribution in [0.5, 0.6) is 0 Å². The topological polar surface area (TPSA) is 25.9 Å². The van der Waals surface area contributed by atoms with Gasteiger partial charge in [0.2, 0.25) is 5.78 Å². The predicted octanol–water partition coefficient (Wildman–Crippen LogP) is 1.15. The third kappa shape index (κ3) is 3.46. The van der Waals surface area contributed by atoms with Crippen molar-refractivity contribution in [1.82, 2.24) is 4.57 Å². The lowest BCUT2D eigenvalue weighted by molar-refractivity contribution is -0.689. The van der Waals surface area contributed by atoms with Gasteiger partial charge in [-0.3, -0.25) is 4.79 Å². The van der Waals surface area contributed by atoms with E-state index in [2.05, 4.69) is 51.7 Å². The lowest BCUT2D eigenvalue weighted by atomic mass is 9.90. The Labute approximate surface area is 176 Å². The van der Waals surface area contributed by atoms with Crippen molar-refractivity contribution in [2.24, 2.45) is 0 Å². The molecule has 0 spiro atoms. The first-order valence-electron chi connectivity index (χ1n) is 10.1. The van der Waals surface area contributed by atoms with E-state index in [4.69, 9.17) is 0 Å². The highest BCUT2D eigenvalue weighted by Crippen LogP contribution is 2.25. The Balaban J connectivity index is 0.00000192. The quantitative estimate of drug-likeness (QED) is 0.445. The summed E-state index contributed by atoms with van der Waals surface area (Å²) in [5.74, 6) is 1.49. The number of ketones is 1. The maximum absolute atomic E-state index is 13.0. The van der Waals surface area contributed by atoms with Gasteiger partial charge in [-0.05, 0) is 49.3 Å². The van der Waals surface area contributed by atoms with Crippen LogP contribution in [0.1, 0.15) is 46.6 Å². The Morgan fingerprint density at radius 3 is 2.54 bits per heavy atom. The lowest BCUT2D eigenvalue weighted by Gasteiger charge is -2.16. The van der Waals surface area contributed by atoms with Crippen LogP contribution in [0.25, 0.3) is 11.3 Å². The van der Waals surface area contributed by atoms with Gasteiger partial charge in [-0.1, -0.05) is 42.5 Å². The first-order chi connectivity index (χ1) is 13.3. The molecule has 0 saturated heterocycles. The van der Waals surface area contributed by atoms with Gasteiger partial charge >= 0.3 is 0 Å². The van der Waals surface area contributed by atoms with E-state index in [9.17, 15) is 4.79 Å². The third-order valence-electron chi connectivity index (χ3n) is 6.05. The minimum absolute atomic E-state index is 0. The zero-order chi connectivity index (χ0) is 18.2. The van der Waals surface area contributed by atoms with E-state index in [0.717, 1.165) is 37.8 Å². The van der Waals surface area contributed by atoms with Gasteiger partial charge in [0, 0.05) is 11.1 Å². The molecular weight excluding hydrogens is 412 g/mol. The molecule has 28 heavy (non-hydrogen) atoms. The smallest absolute Gasteiger partial charge is 0.257 e. The maximum atomic E-state index is 13.0. The number of hydrogen-bond acceptors (Lipinski definition) is 1. The SMILES string of the molecule is O=C(C[n+]1cc(-c2ccccc2)n2c1CCC2)c1ccc2c(c1)CCCC2.[Br-]. The fourth-order valence-corrected chi connectivity index (χ4v) is 4.64. The number of fused-ring (bicyclic) bond motifs is 2. The largest absolute Gasteiger partial charge is 1.00 e. The molecule has 0 fully saturated rings. The zero-order valence-electron chi connectivity index (χ0n) is 16.0. The Morgan fingerprint density at radius 1 is 0.929 bits per heavy atom. The number of rotatable bonds is 4.